The Morgan fingerprint density at radius 3 is 2.48 bits per heavy atom. The molecule has 0 amide bonds. The summed E-state index contributed by atoms with van der Waals surface area (Å²) in [4.78, 5) is 4.15. The van der Waals surface area contributed by atoms with Gasteiger partial charge in [0.05, 0.1) is 5.69 Å². The SMILES string of the molecule is Cn1cc(C2=CCNCC2)c(-c2ccncc2)c1-c1ccc(F)cc1. The summed E-state index contributed by atoms with van der Waals surface area (Å²) in [6, 6.07) is 10.8. The van der Waals surface area contributed by atoms with Gasteiger partial charge >= 0.3 is 0 Å². The molecule has 3 heterocycles. The van der Waals surface area contributed by atoms with Crippen LogP contribution in [-0.4, -0.2) is 22.6 Å². The number of rotatable bonds is 3. The first kappa shape index (κ1) is 15.8. The quantitative estimate of drug-likeness (QED) is 0.776. The van der Waals surface area contributed by atoms with Crippen LogP contribution in [0.3, 0.4) is 0 Å². The summed E-state index contributed by atoms with van der Waals surface area (Å²) in [5.41, 5.74) is 7.02. The Bertz CT molecular complexity index is 908. The lowest BCUT2D eigenvalue weighted by atomic mass is 9.92. The van der Waals surface area contributed by atoms with Crippen molar-refractivity contribution in [2.45, 2.75) is 6.42 Å². The molecule has 4 heteroatoms. The van der Waals surface area contributed by atoms with E-state index in [-0.39, 0.29) is 5.82 Å². The van der Waals surface area contributed by atoms with Gasteiger partial charge in [-0.1, -0.05) is 6.08 Å². The molecule has 1 N–H and O–H groups in total. The number of nitrogens with zero attached hydrogens (tertiary/aromatic N) is 2. The molecule has 0 spiro atoms. The molecule has 0 unspecified atom stereocenters. The van der Waals surface area contributed by atoms with Gasteiger partial charge in [0.15, 0.2) is 0 Å². The molecule has 3 nitrogen and oxygen atoms in total. The third-order valence-electron chi connectivity index (χ3n) is 4.68. The van der Waals surface area contributed by atoms with E-state index < -0.39 is 0 Å². The van der Waals surface area contributed by atoms with Gasteiger partial charge in [0, 0.05) is 43.3 Å². The fourth-order valence-corrected chi connectivity index (χ4v) is 3.50. The Hall–Kier alpha value is -2.72. The maximum Gasteiger partial charge on any atom is 0.123 e. The van der Waals surface area contributed by atoms with Crippen LogP contribution in [0.4, 0.5) is 4.39 Å². The van der Waals surface area contributed by atoms with Crippen LogP contribution < -0.4 is 5.32 Å². The van der Waals surface area contributed by atoms with Crippen LogP contribution in [0.5, 0.6) is 0 Å². The van der Waals surface area contributed by atoms with Gasteiger partial charge in [-0.2, -0.15) is 0 Å². The maximum absolute atomic E-state index is 13.4. The van der Waals surface area contributed by atoms with Crippen LogP contribution in [0.2, 0.25) is 0 Å². The first-order valence-corrected chi connectivity index (χ1v) is 8.50. The minimum atomic E-state index is -0.218. The molecular formula is C21H20FN3. The second kappa shape index (κ2) is 6.65. The predicted molar refractivity (Wildman–Crippen MR) is 99.5 cm³/mol. The molecule has 0 bridgehead atoms. The minimum absolute atomic E-state index is 0.218. The topological polar surface area (TPSA) is 29.9 Å². The van der Waals surface area contributed by atoms with Gasteiger partial charge in [0.1, 0.15) is 5.82 Å². The van der Waals surface area contributed by atoms with Crippen molar-refractivity contribution in [1.82, 2.24) is 14.9 Å². The van der Waals surface area contributed by atoms with Crippen LogP contribution in [0.25, 0.3) is 28.0 Å². The van der Waals surface area contributed by atoms with Crippen molar-refractivity contribution in [2.24, 2.45) is 7.05 Å². The van der Waals surface area contributed by atoms with Crippen molar-refractivity contribution in [3.63, 3.8) is 0 Å². The highest BCUT2D eigenvalue weighted by Crippen LogP contribution is 2.40. The Morgan fingerprint density at radius 1 is 1.04 bits per heavy atom. The van der Waals surface area contributed by atoms with E-state index in [1.807, 2.05) is 36.7 Å². The molecule has 4 rings (SSSR count). The summed E-state index contributed by atoms with van der Waals surface area (Å²) in [7, 11) is 2.05. The van der Waals surface area contributed by atoms with Crippen LogP contribution in [-0.2, 0) is 7.05 Å². The summed E-state index contributed by atoms with van der Waals surface area (Å²) >= 11 is 0. The molecule has 25 heavy (non-hydrogen) atoms. The summed E-state index contributed by atoms with van der Waals surface area (Å²) in [6.07, 6.45) is 9.09. The van der Waals surface area contributed by atoms with E-state index >= 15 is 0 Å². The van der Waals surface area contributed by atoms with Crippen molar-refractivity contribution in [3.8, 4) is 22.4 Å². The van der Waals surface area contributed by atoms with Crippen LogP contribution >= 0.6 is 0 Å². The van der Waals surface area contributed by atoms with E-state index in [0.29, 0.717) is 0 Å². The average molecular weight is 333 g/mol. The molecular weight excluding hydrogens is 313 g/mol. The van der Waals surface area contributed by atoms with Gasteiger partial charge in [-0.05, 0) is 66.1 Å². The summed E-state index contributed by atoms with van der Waals surface area (Å²) < 4.78 is 15.5. The highest BCUT2D eigenvalue weighted by Gasteiger charge is 2.20. The fraction of sp³-hybridized carbons (Fsp3) is 0.190. The van der Waals surface area contributed by atoms with E-state index in [0.717, 1.165) is 36.3 Å². The molecule has 0 saturated heterocycles. The highest BCUT2D eigenvalue weighted by molar-refractivity contribution is 5.91. The van der Waals surface area contributed by atoms with Crippen LogP contribution in [0.1, 0.15) is 12.0 Å². The molecule has 0 radical (unpaired) electrons. The number of hydrogen-bond donors (Lipinski definition) is 1. The predicted octanol–water partition coefficient (Wildman–Crippen LogP) is 4.27. The van der Waals surface area contributed by atoms with E-state index in [1.54, 1.807) is 0 Å². The Labute approximate surface area is 146 Å². The first-order valence-electron chi connectivity index (χ1n) is 8.50. The van der Waals surface area contributed by atoms with Crippen molar-refractivity contribution in [1.29, 1.82) is 0 Å². The van der Waals surface area contributed by atoms with Gasteiger partial charge in [-0.3, -0.25) is 4.98 Å². The zero-order chi connectivity index (χ0) is 17.2. The number of aryl methyl sites for hydroxylation is 1. The largest absolute Gasteiger partial charge is 0.349 e. The van der Waals surface area contributed by atoms with Gasteiger partial charge in [0.25, 0.3) is 0 Å². The lowest BCUT2D eigenvalue weighted by Gasteiger charge is -2.15. The van der Waals surface area contributed by atoms with E-state index in [4.69, 9.17) is 0 Å². The van der Waals surface area contributed by atoms with Crippen molar-refractivity contribution < 1.29 is 4.39 Å². The van der Waals surface area contributed by atoms with Crippen LogP contribution in [0, 0.1) is 5.82 Å². The molecule has 0 atom stereocenters. The van der Waals surface area contributed by atoms with E-state index in [9.17, 15) is 4.39 Å². The summed E-state index contributed by atoms with van der Waals surface area (Å²) in [5, 5.41) is 3.37. The third-order valence-corrected chi connectivity index (χ3v) is 4.68. The lowest BCUT2D eigenvalue weighted by molar-refractivity contribution is 0.628. The molecule has 3 aromatic rings. The van der Waals surface area contributed by atoms with E-state index in [1.165, 1.54) is 28.8 Å². The monoisotopic (exact) mass is 333 g/mol. The number of halogens is 1. The zero-order valence-electron chi connectivity index (χ0n) is 14.2. The van der Waals surface area contributed by atoms with E-state index in [2.05, 4.69) is 34.2 Å². The molecule has 1 aliphatic heterocycles. The average Bonchev–Trinajstić information content (AvgIpc) is 3.01. The van der Waals surface area contributed by atoms with Crippen molar-refractivity contribution in [2.75, 3.05) is 13.1 Å². The van der Waals surface area contributed by atoms with Crippen LogP contribution in [0.15, 0.2) is 61.1 Å². The molecule has 0 saturated carbocycles. The second-order valence-corrected chi connectivity index (χ2v) is 6.30. The van der Waals surface area contributed by atoms with Gasteiger partial charge in [-0.25, -0.2) is 4.39 Å². The number of hydrogen-bond acceptors (Lipinski definition) is 2. The molecule has 126 valence electrons. The second-order valence-electron chi connectivity index (χ2n) is 6.30. The molecule has 1 aromatic carbocycles. The Kier molecular flexibility index (Phi) is 4.20. The number of benzene rings is 1. The fourth-order valence-electron chi connectivity index (χ4n) is 3.50. The minimum Gasteiger partial charge on any atom is -0.349 e. The number of pyridine rings is 1. The number of aromatic nitrogens is 2. The van der Waals surface area contributed by atoms with Gasteiger partial charge in [-0.15, -0.1) is 0 Å². The molecule has 1 aliphatic rings. The summed E-state index contributed by atoms with van der Waals surface area (Å²) in [6.45, 7) is 1.88. The maximum atomic E-state index is 13.4. The zero-order valence-corrected chi connectivity index (χ0v) is 14.2. The van der Waals surface area contributed by atoms with Crippen molar-refractivity contribution in [3.05, 3.63) is 72.4 Å². The molecule has 2 aromatic heterocycles. The summed E-state index contributed by atoms with van der Waals surface area (Å²) in [5.74, 6) is -0.218. The molecule has 0 aliphatic carbocycles. The standard InChI is InChI=1S/C21H20FN3/c1-25-14-19(15-6-10-23-11-7-15)20(16-8-12-24-13-9-16)21(25)17-2-4-18(22)5-3-17/h2-6,8-9,12-14,23H,7,10-11H2,1H3. The molecule has 0 fully saturated rings. The lowest BCUT2D eigenvalue weighted by Crippen LogP contribution is -2.20. The smallest absolute Gasteiger partial charge is 0.123 e. The van der Waals surface area contributed by atoms with Gasteiger partial charge < -0.3 is 9.88 Å². The Balaban J connectivity index is 1.96. The van der Waals surface area contributed by atoms with Gasteiger partial charge in [0.2, 0.25) is 0 Å². The Morgan fingerprint density at radius 2 is 1.80 bits per heavy atom. The van der Waals surface area contributed by atoms with Crippen molar-refractivity contribution >= 4 is 5.57 Å². The highest BCUT2D eigenvalue weighted by atomic mass is 19.1. The first-order chi connectivity index (χ1) is 12.2. The third kappa shape index (κ3) is 3.01. The normalized spacial score (nSPS) is 14.4. The number of nitrogens with one attached hydrogen (secondary N) is 1.